The Morgan fingerprint density at radius 3 is 2.62 bits per heavy atom. The van der Waals surface area contributed by atoms with Gasteiger partial charge in [0.2, 0.25) is 0 Å². The van der Waals surface area contributed by atoms with Crippen LogP contribution in [0.1, 0.15) is 18.4 Å². The lowest BCUT2D eigenvalue weighted by atomic mass is 10.2. The average molecular weight is 540 g/mol. The summed E-state index contributed by atoms with van der Waals surface area (Å²) in [6.07, 6.45) is 5.75. The van der Waals surface area contributed by atoms with E-state index in [0.717, 1.165) is 96.1 Å². The summed E-state index contributed by atoms with van der Waals surface area (Å²) in [7, 11) is -0.604. The number of fused-ring (bicyclic) bond motifs is 2. The minimum absolute atomic E-state index is 0.604. The summed E-state index contributed by atoms with van der Waals surface area (Å²) in [5, 5.41) is 13.7. The van der Waals surface area contributed by atoms with E-state index in [0.29, 0.717) is 0 Å². The van der Waals surface area contributed by atoms with Crippen LogP contribution in [0.3, 0.4) is 0 Å². The predicted molar refractivity (Wildman–Crippen MR) is 160 cm³/mol. The van der Waals surface area contributed by atoms with E-state index in [2.05, 4.69) is 91.3 Å². The Kier molecular flexibility index (Phi) is 7.78. The smallest absolute Gasteiger partial charge is 0.141 e. The maximum Gasteiger partial charge on any atom is 0.141 e. The van der Waals surface area contributed by atoms with E-state index in [-0.39, 0.29) is 0 Å². The molecule has 0 saturated carbocycles. The molecule has 1 aliphatic rings. The molecule has 1 aliphatic heterocycles. The fourth-order valence-electron chi connectivity index (χ4n) is 5.04. The molecular formula is C30H33N7OS. The van der Waals surface area contributed by atoms with E-state index in [1.807, 2.05) is 16.9 Å². The highest BCUT2D eigenvalue weighted by Gasteiger charge is 2.14. The molecule has 1 saturated heterocycles. The molecule has 0 aliphatic carbocycles. The molecule has 2 N–H and O–H groups in total. The van der Waals surface area contributed by atoms with Gasteiger partial charge in [0.15, 0.2) is 0 Å². The molecule has 3 aromatic carbocycles. The van der Waals surface area contributed by atoms with Gasteiger partial charge in [0.25, 0.3) is 0 Å². The molecule has 0 amide bonds. The third-order valence-electron chi connectivity index (χ3n) is 7.22. The summed E-state index contributed by atoms with van der Waals surface area (Å²) >= 11 is 0. The van der Waals surface area contributed by atoms with Crippen molar-refractivity contribution in [1.82, 2.24) is 24.6 Å². The molecule has 3 heterocycles. The number of unbranched alkanes of at least 4 members (excludes halogenated alkanes) is 1. The first-order valence-corrected chi connectivity index (χ1v) is 15.0. The number of hydrogen-bond acceptors (Lipinski definition) is 7. The van der Waals surface area contributed by atoms with Crippen molar-refractivity contribution < 1.29 is 4.21 Å². The lowest BCUT2D eigenvalue weighted by molar-refractivity contribution is 0.294. The van der Waals surface area contributed by atoms with E-state index in [1.54, 1.807) is 6.33 Å². The van der Waals surface area contributed by atoms with E-state index in [9.17, 15) is 4.21 Å². The van der Waals surface area contributed by atoms with Gasteiger partial charge in [-0.05, 0) is 61.3 Å². The Morgan fingerprint density at radius 1 is 0.897 bits per heavy atom. The molecule has 0 bridgehead atoms. The van der Waals surface area contributed by atoms with Gasteiger partial charge in [0.05, 0.1) is 23.8 Å². The monoisotopic (exact) mass is 539 g/mol. The van der Waals surface area contributed by atoms with Crippen LogP contribution in [0.25, 0.3) is 21.8 Å². The molecule has 0 unspecified atom stereocenters. The highest BCUT2D eigenvalue weighted by Crippen LogP contribution is 2.27. The maximum absolute atomic E-state index is 11.5. The van der Waals surface area contributed by atoms with Crippen molar-refractivity contribution in [3.63, 3.8) is 0 Å². The van der Waals surface area contributed by atoms with Gasteiger partial charge in [-0.1, -0.05) is 30.3 Å². The quantitative estimate of drug-likeness (QED) is 0.241. The molecule has 9 heteroatoms. The number of nitrogens with zero attached hydrogens (tertiary/aromatic N) is 5. The third kappa shape index (κ3) is 6.26. The maximum atomic E-state index is 11.5. The van der Waals surface area contributed by atoms with Gasteiger partial charge in [0.1, 0.15) is 12.1 Å². The summed E-state index contributed by atoms with van der Waals surface area (Å²) in [5.74, 6) is 2.43. The molecular weight excluding hydrogens is 506 g/mol. The Morgan fingerprint density at radius 2 is 1.74 bits per heavy atom. The Bertz CT molecular complexity index is 1580. The van der Waals surface area contributed by atoms with Crippen LogP contribution in [0.15, 0.2) is 79.3 Å². The van der Waals surface area contributed by atoms with Gasteiger partial charge >= 0.3 is 0 Å². The van der Waals surface area contributed by atoms with Crippen LogP contribution in [0.4, 0.5) is 17.2 Å². The van der Waals surface area contributed by atoms with Crippen molar-refractivity contribution in [1.29, 1.82) is 0 Å². The predicted octanol–water partition coefficient (Wildman–Crippen LogP) is 5.03. The van der Waals surface area contributed by atoms with E-state index in [1.165, 1.54) is 5.56 Å². The van der Waals surface area contributed by atoms with E-state index in [4.69, 9.17) is 0 Å². The zero-order valence-electron chi connectivity index (χ0n) is 21.9. The van der Waals surface area contributed by atoms with Crippen LogP contribution in [0.2, 0.25) is 0 Å². The average Bonchev–Trinajstić information content (AvgIpc) is 3.36. The van der Waals surface area contributed by atoms with Crippen LogP contribution in [0, 0.1) is 0 Å². The van der Waals surface area contributed by atoms with E-state index >= 15 is 0 Å². The molecule has 39 heavy (non-hydrogen) atoms. The standard InChI is InChI=1S/C30H33N7OS/c38-39-16-14-36(15-17-39)13-5-4-12-31-25-8-10-27-28(19-25)32-22-33-30(27)35-26-9-11-29-24(18-26)20-34-37(29)21-23-6-2-1-3-7-23/h1-3,6-11,18-20,22,31H,4-5,12-17,21H2,(H,32,33,35). The molecule has 0 radical (unpaired) electrons. The minimum Gasteiger partial charge on any atom is -0.385 e. The second kappa shape index (κ2) is 11.9. The lowest BCUT2D eigenvalue weighted by Gasteiger charge is -2.25. The van der Waals surface area contributed by atoms with Crippen molar-refractivity contribution in [3.05, 3.63) is 84.8 Å². The number of aromatic nitrogens is 4. The van der Waals surface area contributed by atoms with Crippen molar-refractivity contribution in [3.8, 4) is 0 Å². The highest BCUT2D eigenvalue weighted by molar-refractivity contribution is 7.85. The molecule has 2 aromatic heterocycles. The van der Waals surface area contributed by atoms with Gasteiger partial charge in [-0.25, -0.2) is 9.97 Å². The number of nitrogens with one attached hydrogen (secondary N) is 2. The Labute approximate surface area is 230 Å². The van der Waals surface area contributed by atoms with Crippen molar-refractivity contribution in [2.75, 3.05) is 48.3 Å². The van der Waals surface area contributed by atoms with Crippen molar-refractivity contribution >= 4 is 49.8 Å². The molecule has 8 nitrogen and oxygen atoms in total. The molecule has 6 rings (SSSR count). The second-order valence-corrected chi connectivity index (χ2v) is 11.7. The minimum atomic E-state index is -0.604. The van der Waals surface area contributed by atoms with Gasteiger partial charge in [0, 0.05) is 64.1 Å². The fourth-order valence-corrected chi connectivity index (χ4v) is 6.17. The molecule has 0 atom stereocenters. The first-order chi connectivity index (χ1) is 19.2. The van der Waals surface area contributed by atoms with E-state index < -0.39 is 10.8 Å². The summed E-state index contributed by atoms with van der Waals surface area (Å²) in [6.45, 7) is 4.67. The van der Waals surface area contributed by atoms with Crippen molar-refractivity contribution in [2.45, 2.75) is 19.4 Å². The zero-order chi connectivity index (χ0) is 26.4. The number of benzene rings is 3. The lowest BCUT2D eigenvalue weighted by Crippen LogP contribution is -2.38. The highest BCUT2D eigenvalue weighted by atomic mass is 32.2. The summed E-state index contributed by atoms with van der Waals surface area (Å²) in [5.41, 5.74) is 5.25. The Hall–Kier alpha value is -3.82. The van der Waals surface area contributed by atoms with Crippen LogP contribution in [-0.2, 0) is 17.3 Å². The largest absolute Gasteiger partial charge is 0.385 e. The first kappa shape index (κ1) is 25.5. The first-order valence-electron chi connectivity index (χ1n) is 13.5. The number of hydrogen-bond donors (Lipinski definition) is 2. The van der Waals surface area contributed by atoms with Crippen molar-refractivity contribution in [2.24, 2.45) is 0 Å². The number of anilines is 3. The molecule has 5 aromatic rings. The van der Waals surface area contributed by atoms with Gasteiger partial charge in [-0.15, -0.1) is 0 Å². The summed E-state index contributed by atoms with van der Waals surface area (Å²) in [4.78, 5) is 11.5. The fraction of sp³-hybridized carbons (Fsp3) is 0.300. The topological polar surface area (TPSA) is 88.0 Å². The van der Waals surface area contributed by atoms with Gasteiger partial charge < -0.3 is 15.5 Å². The SMILES string of the molecule is O=S1CCN(CCCCNc2ccc3c(Nc4ccc5c(cnn5Cc5ccccc5)c4)ncnc3c2)CC1. The number of rotatable bonds is 10. The van der Waals surface area contributed by atoms with Gasteiger partial charge in [-0.2, -0.15) is 5.10 Å². The van der Waals surface area contributed by atoms with Crippen LogP contribution in [-0.4, -0.2) is 66.5 Å². The molecule has 0 spiro atoms. The summed E-state index contributed by atoms with van der Waals surface area (Å²) < 4.78 is 13.5. The third-order valence-corrected chi connectivity index (χ3v) is 8.49. The zero-order valence-corrected chi connectivity index (χ0v) is 22.7. The van der Waals surface area contributed by atoms with Gasteiger partial charge in [-0.3, -0.25) is 8.89 Å². The Balaban J connectivity index is 1.07. The van der Waals surface area contributed by atoms with Crippen LogP contribution >= 0.6 is 0 Å². The second-order valence-electron chi connectivity index (χ2n) is 9.96. The molecule has 200 valence electrons. The van der Waals surface area contributed by atoms with Crippen LogP contribution < -0.4 is 10.6 Å². The normalized spacial score (nSPS) is 14.7. The van der Waals surface area contributed by atoms with Crippen LogP contribution in [0.5, 0.6) is 0 Å². The summed E-state index contributed by atoms with van der Waals surface area (Å²) in [6, 6.07) is 22.9. The molecule has 1 fully saturated rings.